The molecule has 7 nitrogen and oxygen atoms in total. The van der Waals surface area contributed by atoms with Crippen LogP contribution in [0.25, 0.3) is 10.9 Å². The quantitative estimate of drug-likeness (QED) is 0.293. The smallest absolute Gasteiger partial charge is 0.320 e. The first kappa shape index (κ1) is 22.5. The van der Waals surface area contributed by atoms with E-state index in [9.17, 15) is 9.59 Å². The SMILES string of the molecule is Cc1cc(Cl)c(C(=O)Nc2cccc3c(NC(=O)Nc4ccccc4)c(C)cnc23)c(Cl)n1. The minimum absolute atomic E-state index is 0.0153. The molecular weight excluding hydrogens is 461 g/mol. The monoisotopic (exact) mass is 479 g/mol. The number of hydrogen-bond donors (Lipinski definition) is 3. The van der Waals surface area contributed by atoms with Crippen LogP contribution in [0.1, 0.15) is 21.6 Å². The molecule has 0 radical (unpaired) electrons. The van der Waals surface area contributed by atoms with Gasteiger partial charge in [0.1, 0.15) is 5.15 Å². The number of aromatic nitrogens is 2. The van der Waals surface area contributed by atoms with Crippen LogP contribution in [0.4, 0.5) is 21.9 Å². The maximum Gasteiger partial charge on any atom is 0.323 e. The number of pyridine rings is 2. The number of urea groups is 1. The minimum Gasteiger partial charge on any atom is -0.320 e. The van der Waals surface area contributed by atoms with Crippen molar-refractivity contribution in [2.75, 3.05) is 16.0 Å². The number of fused-ring (bicyclic) bond motifs is 1. The third-order valence-electron chi connectivity index (χ3n) is 4.89. The molecule has 0 bridgehead atoms. The number of carbonyl (C=O) groups excluding carboxylic acids is 2. The molecular formula is C24H19Cl2N5O2. The van der Waals surface area contributed by atoms with Crippen molar-refractivity contribution < 1.29 is 9.59 Å². The van der Waals surface area contributed by atoms with Gasteiger partial charge in [0.05, 0.1) is 27.5 Å². The Bertz CT molecular complexity index is 1350. The average Bonchev–Trinajstić information content (AvgIpc) is 2.76. The zero-order chi connectivity index (χ0) is 23.5. The molecule has 0 saturated heterocycles. The molecule has 4 aromatic rings. The molecule has 0 spiro atoms. The zero-order valence-electron chi connectivity index (χ0n) is 17.7. The van der Waals surface area contributed by atoms with E-state index in [4.69, 9.17) is 23.2 Å². The van der Waals surface area contributed by atoms with Crippen LogP contribution >= 0.6 is 23.2 Å². The molecule has 0 fully saturated rings. The van der Waals surface area contributed by atoms with Crippen LogP contribution in [0.2, 0.25) is 10.2 Å². The number of halogens is 2. The first-order chi connectivity index (χ1) is 15.8. The molecule has 4 rings (SSSR count). The van der Waals surface area contributed by atoms with E-state index in [0.29, 0.717) is 33.7 Å². The standard InChI is InChI=1S/C24H19Cl2N5O2/c1-13-12-27-21-16(20(13)31-24(33)29-15-7-4-3-5-8-15)9-6-10-18(21)30-23(32)19-17(25)11-14(2)28-22(19)26/h3-12H,1-2H3,(H,30,32)(H2,27,29,31,33). The largest absolute Gasteiger partial charge is 0.323 e. The fourth-order valence-corrected chi connectivity index (χ4v) is 4.07. The summed E-state index contributed by atoms with van der Waals surface area (Å²) in [7, 11) is 0. The van der Waals surface area contributed by atoms with E-state index < -0.39 is 11.9 Å². The number of anilines is 3. The third kappa shape index (κ3) is 4.89. The predicted molar refractivity (Wildman–Crippen MR) is 133 cm³/mol. The lowest BCUT2D eigenvalue weighted by atomic mass is 10.1. The van der Waals surface area contributed by atoms with Crippen molar-refractivity contribution in [2.45, 2.75) is 13.8 Å². The lowest BCUT2D eigenvalue weighted by molar-refractivity contribution is 0.102. The number of benzene rings is 2. The second-order valence-electron chi connectivity index (χ2n) is 7.33. The normalized spacial score (nSPS) is 10.7. The molecule has 3 N–H and O–H groups in total. The lowest BCUT2D eigenvalue weighted by Gasteiger charge is -2.15. The number of amides is 3. The highest BCUT2D eigenvalue weighted by molar-refractivity contribution is 6.39. The van der Waals surface area contributed by atoms with Gasteiger partial charge in [0.2, 0.25) is 0 Å². The summed E-state index contributed by atoms with van der Waals surface area (Å²) in [5, 5.41) is 9.36. The van der Waals surface area contributed by atoms with Gasteiger partial charge in [-0.3, -0.25) is 9.78 Å². The summed E-state index contributed by atoms with van der Waals surface area (Å²) < 4.78 is 0. The van der Waals surface area contributed by atoms with Gasteiger partial charge in [-0.15, -0.1) is 0 Å². The van der Waals surface area contributed by atoms with Gasteiger partial charge in [-0.2, -0.15) is 0 Å². The number of para-hydroxylation sites is 2. The number of rotatable bonds is 4. The third-order valence-corrected chi connectivity index (χ3v) is 5.46. The predicted octanol–water partition coefficient (Wildman–Crippen LogP) is 6.45. The summed E-state index contributed by atoms with van der Waals surface area (Å²) in [6.45, 7) is 3.58. The number of nitrogens with one attached hydrogen (secondary N) is 3. The van der Waals surface area contributed by atoms with Gasteiger partial charge >= 0.3 is 6.03 Å². The molecule has 0 atom stereocenters. The van der Waals surface area contributed by atoms with Crippen molar-refractivity contribution in [3.8, 4) is 0 Å². The molecule has 33 heavy (non-hydrogen) atoms. The van der Waals surface area contributed by atoms with E-state index in [1.54, 1.807) is 43.5 Å². The number of carbonyl (C=O) groups is 2. The first-order valence-corrected chi connectivity index (χ1v) is 10.7. The Balaban J connectivity index is 1.65. The molecule has 166 valence electrons. The van der Waals surface area contributed by atoms with Crippen molar-refractivity contribution in [3.05, 3.63) is 87.8 Å². The van der Waals surface area contributed by atoms with Crippen molar-refractivity contribution in [1.29, 1.82) is 0 Å². The van der Waals surface area contributed by atoms with E-state index >= 15 is 0 Å². The zero-order valence-corrected chi connectivity index (χ0v) is 19.3. The summed E-state index contributed by atoms with van der Waals surface area (Å²) >= 11 is 12.4. The number of hydrogen-bond acceptors (Lipinski definition) is 4. The summed E-state index contributed by atoms with van der Waals surface area (Å²) in [5.41, 5.74) is 3.64. The van der Waals surface area contributed by atoms with Crippen molar-refractivity contribution in [3.63, 3.8) is 0 Å². The van der Waals surface area contributed by atoms with E-state index in [-0.39, 0.29) is 15.7 Å². The summed E-state index contributed by atoms with van der Waals surface area (Å²) in [5.74, 6) is -0.510. The van der Waals surface area contributed by atoms with Crippen LogP contribution in [0.3, 0.4) is 0 Å². The average molecular weight is 480 g/mol. The van der Waals surface area contributed by atoms with Crippen molar-refractivity contribution >= 4 is 63.1 Å². The van der Waals surface area contributed by atoms with Crippen LogP contribution in [0.5, 0.6) is 0 Å². The highest BCUT2D eigenvalue weighted by Gasteiger charge is 2.19. The Labute approximate surface area is 200 Å². The Morgan fingerprint density at radius 1 is 0.909 bits per heavy atom. The molecule has 3 amide bonds. The van der Waals surface area contributed by atoms with Crippen molar-refractivity contribution in [2.24, 2.45) is 0 Å². The topological polar surface area (TPSA) is 96.0 Å². The summed E-state index contributed by atoms with van der Waals surface area (Å²) in [6.07, 6.45) is 1.63. The van der Waals surface area contributed by atoms with E-state index in [1.165, 1.54) is 0 Å². The summed E-state index contributed by atoms with van der Waals surface area (Å²) in [4.78, 5) is 34.1. The van der Waals surface area contributed by atoms with E-state index in [0.717, 1.165) is 5.56 Å². The van der Waals surface area contributed by atoms with Crippen LogP contribution in [0, 0.1) is 13.8 Å². The van der Waals surface area contributed by atoms with Gasteiger partial charge in [0.25, 0.3) is 5.91 Å². The van der Waals surface area contributed by atoms with Crippen LogP contribution in [-0.2, 0) is 0 Å². The Morgan fingerprint density at radius 2 is 1.67 bits per heavy atom. The fourth-order valence-electron chi connectivity index (χ4n) is 3.37. The molecule has 2 aromatic heterocycles. The van der Waals surface area contributed by atoms with Gasteiger partial charge in [0, 0.05) is 23.0 Å². The van der Waals surface area contributed by atoms with Crippen LogP contribution < -0.4 is 16.0 Å². The summed E-state index contributed by atoms with van der Waals surface area (Å²) in [6, 6.07) is 15.6. The number of aryl methyl sites for hydroxylation is 2. The molecule has 0 aliphatic rings. The minimum atomic E-state index is -0.510. The number of nitrogens with zero attached hydrogens (tertiary/aromatic N) is 2. The van der Waals surface area contributed by atoms with Gasteiger partial charge in [-0.25, -0.2) is 9.78 Å². The second kappa shape index (κ2) is 9.44. The second-order valence-corrected chi connectivity index (χ2v) is 8.09. The first-order valence-electron chi connectivity index (χ1n) is 9.99. The molecule has 2 aromatic carbocycles. The van der Waals surface area contributed by atoms with E-state index in [1.807, 2.05) is 31.2 Å². The molecule has 0 saturated carbocycles. The lowest BCUT2D eigenvalue weighted by Crippen LogP contribution is -2.20. The van der Waals surface area contributed by atoms with Gasteiger partial charge < -0.3 is 16.0 Å². The maximum absolute atomic E-state index is 12.9. The molecule has 0 unspecified atom stereocenters. The highest BCUT2D eigenvalue weighted by atomic mass is 35.5. The van der Waals surface area contributed by atoms with Gasteiger partial charge in [0.15, 0.2) is 0 Å². The van der Waals surface area contributed by atoms with Crippen molar-refractivity contribution in [1.82, 2.24) is 9.97 Å². The van der Waals surface area contributed by atoms with Gasteiger partial charge in [-0.1, -0.05) is 53.5 Å². The molecule has 0 aliphatic carbocycles. The Kier molecular flexibility index (Phi) is 6.44. The molecule has 0 aliphatic heterocycles. The molecule has 9 heteroatoms. The molecule has 2 heterocycles. The van der Waals surface area contributed by atoms with Crippen LogP contribution in [-0.4, -0.2) is 21.9 Å². The van der Waals surface area contributed by atoms with Crippen LogP contribution in [0.15, 0.2) is 60.8 Å². The highest BCUT2D eigenvalue weighted by Crippen LogP contribution is 2.31. The fraction of sp³-hybridized carbons (Fsp3) is 0.0833. The Morgan fingerprint density at radius 3 is 2.39 bits per heavy atom. The van der Waals surface area contributed by atoms with E-state index in [2.05, 4.69) is 25.9 Å². The van der Waals surface area contributed by atoms with Gasteiger partial charge in [-0.05, 0) is 43.7 Å². The maximum atomic E-state index is 12.9. The Hall–Kier alpha value is -3.68.